The fourth-order valence-electron chi connectivity index (χ4n) is 1.95. The third-order valence-electron chi connectivity index (χ3n) is 3.38. The molecule has 0 saturated carbocycles. The summed E-state index contributed by atoms with van der Waals surface area (Å²) in [6.45, 7) is 2.18. The maximum absolute atomic E-state index is 11.7. The van der Waals surface area contributed by atoms with Crippen LogP contribution in [0.3, 0.4) is 0 Å². The van der Waals surface area contributed by atoms with Crippen LogP contribution in [-0.2, 0) is 16.1 Å². The van der Waals surface area contributed by atoms with Crippen LogP contribution in [0.15, 0.2) is 53.6 Å². The summed E-state index contributed by atoms with van der Waals surface area (Å²) >= 11 is 0. The van der Waals surface area contributed by atoms with Crippen LogP contribution >= 0.6 is 0 Å². The van der Waals surface area contributed by atoms with Gasteiger partial charge in [-0.3, -0.25) is 9.59 Å². The van der Waals surface area contributed by atoms with E-state index in [1.807, 2.05) is 43.3 Å². The smallest absolute Gasteiger partial charge is 0.329 e. The van der Waals surface area contributed by atoms with E-state index < -0.39 is 11.8 Å². The summed E-state index contributed by atoms with van der Waals surface area (Å²) in [5, 5.41) is 6.33. The first-order valence-electron chi connectivity index (χ1n) is 7.40. The Balaban J connectivity index is 1.81. The molecule has 0 fully saturated rings. The molecular formula is C18H19N3O3. The lowest BCUT2D eigenvalue weighted by Crippen LogP contribution is -2.37. The molecule has 2 aromatic rings. The first kappa shape index (κ1) is 17.2. The van der Waals surface area contributed by atoms with Crippen molar-refractivity contribution >= 4 is 18.0 Å². The van der Waals surface area contributed by atoms with Gasteiger partial charge in [-0.2, -0.15) is 5.10 Å². The van der Waals surface area contributed by atoms with Gasteiger partial charge < -0.3 is 10.1 Å². The lowest BCUT2D eigenvalue weighted by atomic mass is 10.1. The van der Waals surface area contributed by atoms with Crippen LogP contribution < -0.4 is 15.5 Å². The maximum Gasteiger partial charge on any atom is 0.329 e. The van der Waals surface area contributed by atoms with Gasteiger partial charge in [0.2, 0.25) is 0 Å². The van der Waals surface area contributed by atoms with Crippen molar-refractivity contribution < 1.29 is 14.3 Å². The lowest BCUT2D eigenvalue weighted by Gasteiger charge is -2.05. The van der Waals surface area contributed by atoms with Crippen molar-refractivity contribution in [2.75, 3.05) is 7.11 Å². The number of methoxy groups -OCH3 is 1. The van der Waals surface area contributed by atoms with Gasteiger partial charge in [-0.1, -0.05) is 36.4 Å². The van der Waals surface area contributed by atoms with Crippen LogP contribution in [0.4, 0.5) is 0 Å². The van der Waals surface area contributed by atoms with E-state index in [1.165, 1.54) is 6.21 Å². The molecule has 6 heteroatoms. The molecule has 2 amide bonds. The Hall–Kier alpha value is -3.15. The second-order valence-electron chi connectivity index (χ2n) is 5.09. The fourth-order valence-corrected chi connectivity index (χ4v) is 1.95. The number of aryl methyl sites for hydroxylation is 1. The number of hydrogen-bond acceptors (Lipinski definition) is 4. The number of ether oxygens (including phenoxy) is 1. The summed E-state index contributed by atoms with van der Waals surface area (Å²) in [7, 11) is 1.58. The number of nitrogens with zero attached hydrogens (tertiary/aromatic N) is 1. The van der Waals surface area contributed by atoms with Crippen LogP contribution in [0.5, 0.6) is 5.75 Å². The monoisotopic (exact) mass is 325 g/mol. The molecule has 0 aliphatic heterocycles. The van der Waals surface area contributed by atoms with Gasteiger partial charge >= 0.3 is 11.8 Å². The Morgan fingerprint density at radius 3 is 2.46 bits per heavy atom. The van der Waals surface area contributed by atoms with E-state index in [1.54, 1.807) is 19.2 Å². The van der Waals surface area contributed by atoms with Crippen LogP contribution in [0.2, 0.25) is 0 Å². The number of rotatable bonds is 5. The molecule has 124 valence electrons. The molecule has 0 bridgehead atoms. The summed E-state index contributed by atoms with van der Waals surface area (Å²) in [5.41, 5.74) is 4.97. The molecular weight excluding hydrogens is 306 g/mol. The highest BCUT2D eigenvalue weighted by atomic mass is 16.5. The molecule has 2 N–H and O–H groups in total. The molecule has 2 aromatic carbocycles. The first-order chi connectivity index (χ1) is 11.6. The number of hydrogen-bond donors (Lipinski definition) is 2. The molecule has 2 rings (SSSR count). The van der Waals surface area contributed by atoms with Crippen LogP contribution in [0, 0.1) is 6.92 Å². The van der Waals surface area contributed by atoms with Gasteiger partial charge in [0.1, 0.15) is 5.75 Å². The standard InChI is InChI=1S/C18H19N3O3/c1-13-5-3-4-6-15(13)12-20-21-18(23)17(22)19-11-14-7-9-16(24-2)10-8-14/h3-10,12H,11H2,1-2H3,(H,19,22)(H,21,23)/b20-12-. The van der Waals surface area contributed by atoms with Crippen molar-refractivity contribution in [2.24, 2.45) is 5.10 Å². The second kappa shape index (κ2) is 8.47. The predicted molar refractivity (Wildman–Crippen MR) is 91.8 cm³/mol. The fraction of sp³-hybridized carbons (Fsp3) is 0.167. The van der Waals surface area contributed by atoms with Crippen molar-refractivity contribution in [3.05, 3.63) is 65.2 Å². The second-order valence-corrected chi connectivity index (χ2v) is 5.09. The number of nitrogens with one attached hydrogen (secondary N) is 2. The normalized spacial score (nSPS) is 10.4. The molecule has 0 aliphatic carbocycles. The van der Waals surface area contributed by atoms with E-state index in [9.17, 15) is 9.59 Å². The largest absolute Gasteiger partial charge is 0.497 e. The van der Waals surface area contributed by atoms with Crippen molar-refractivity contribution in [2.45, 2.75) is 13.5 Å². The maximum atomic E-state index is 11.7. The number of carbonyl (C=O) groups excluding carboxylic acids is 2. The van der Waals surface area contributed by atoms with Crippen molar-refractivity contribution in [3.63, 3.8) is 0 Å². The SMILES string of the molecule is COc1ccc(CNC(=O)C(=O)N/N=C\c2ccccc2C)cc1. The number of amides is 2. The minimum absolute atomic E-state index is 0.248. The molecule has 0 saturated heterocycles. The van der Waals surface area contributed by atoms with Crippen LogP contribution in [0.1, 0.15) is 16.7 Å². The summed E-state index contributed by atoms with van der Waals surface area (Å²) in [5.74, 6) is -0.825. The highest BCUT2D eigenvalue weighted by Gasteiger charge is 2.11. The van der Waals surface area contributed by atoms with E-state index in [-0.39, 0.29) is 6.54 Å². The van der Waals surface area contributed by atoms with E-state index >= 15 is 0 Å². The number of hydrazone groups is 1. The predicted octanol–water partition coefficient (Wildman–Crippen LogP) is 1.77. The van der Waals surface area contributed by atoms with Crippen LogP contribution in [-0.4, -0.2) is 25.1 Å². The molecule has 24 heavy (non-hydrogen) atoms. The average Bonchev–Trinajstić information content (AvgIpc) is 2.61. The Morgan fingerprint density at radius 2 is 1.79 bits per heavy atom. The van der Waals surface area contributed by atoms with Crippen molar-refractivity contribution in [3.8, 4) is 5.75 Å². The van der Waals surface area contributed by atoms with Gasteiger partial charge in [-0.05, 0) is 35.7 Å². The Labute approximate surface area is 140 Å². The third-order valence-corrected chi connectivity index (χ3v) is 3.38. The topological polar surface area (TPSA) is 79.8 Å². The Kier molecular flexibility index (Phi) is 6.08. The highest BCUT2D eigenvalue weighted by molar-refractivity contribution is 6.35. The zero-order valence-corrected chi connectivity index (χ0v) is 13.6. The third kappa shape index (κ3) is 4.95. The van der Waals surface area contributed by atoms with Gasteiger partial charge in [0.05, 0.1) is 13.3 Å². The number of benzene rings is 2. The van der Waals surface area contributed by atoms with E-state index in [2.05, 4.69) is 15.8 Å². The van der Waals surface area contributed by atoms with Crippen molar-refractivity contribution in [1.82, 2.24) is 10.7 Å². The minimum Gasteiger partial charge on any atom is -0.497 e. The van der Waals surface area contributed by atoms with E-state index in [0.717, 1.165) is 22.4 Å². The summed E-state index contributed by atoms with van der Waals surface area (Å²) < 4.78 is 5.05. The van der Waals surface area contributed by atoms with Crippen LogP contribution in [0.25, 0.3) is 0 Å². The first-order valence-corrected chi connectivity index (χ1v) is 7.40. The minimum atomic E-state index is -0.812. The molecule has 0 aliphatic rings. The lowest BCUT2D eigenvalue weighted by molar-refractivity contribution is -0.139. The van der Waals surface area contributed by atoms with Gasteiger partial charge in [0, 0.05) is 6.54 Å². The zero-order chi connectivity index (χ0) is 17.4. The van der Waals surface area contributed by atoms with Gasteiger partial charge in [0.25, 0.3) is 0 Å². The molecule has 6 nitrogen and oxygen atoms in total. The summed E-state index contributed by atoms with van der Waals surface area (Å²) in [6, 6.07) is 14.8. The van der Waals surface area contributed by atoms with E-state index in [4.69, 9.17) is 4.74 Å². The highest BCUT2D eigenvalue weighted by Crippen LogP contribution is 2.10. The zero-order valence-electron chi connectivity index (χ0n) is 13.6. The molecule has 0 heterocycles. The van der Waals surface area contributed by atoms with Crippen molar-refractivity contribution in [1.29, 1.82) is 0 Å². The van der Waals surface area contributed by atoms with Gasteiger partial charge in [-0.15, -0.1) is 0 Å². The molecule has 0 unspecified atom stereocenters. The number of carbonyl (C=O) groups is 2. The average molecular weight is 325 g/mol. The van der Waals surface area contributed by atoms with E-state index in [0.29, 0.717) is 0 Å². The Bertz CT molecular complexity index is 739. The summed E-state index contributed by atoms with van der Waals surface area (Å²) in [6.07, 6.45) is 1.50. The molecule has 0 radical (unpaired) electrons. The molecule has 0 spiro atoms. The molecule has 0 atom stereocenters. The van der Waals surface area contributed by atoms with Gasteiger partial charge in [-0.25, -0.2) is 5.43 Å². The Morgan fingerprint density at radius 1 is 1.08 bits per heavy atom. The quantitative estimate of drug-likeness (QED) is 0.499. The van der Waals surface area contributed by atoms with Gasteiger partial charge in [0.15, 0.2) is 0 Å². The summed E-state index contributed by atoms with van der Waals surface area (Å²) in [4.78, 5) is 23.4. The molecule has 0 aromatic heterocycles.